The van der Waals surface area contributed by atoms with Crippen molar-refractivity contribution in [3.05, 3.63) is 89.2 Å². The van der Waals surface area contributed by atoms with E-state index in [1.54, 1.807) is 37.3 Å². The molecule has 3 N–H and O–H groups in total. The second-order valence-electron chi connectivity index (χ2n) is 9.43. The molecule has 41 heavy (non-hydrogen) atoms. The quantitative estimate of drug-likeness (QED) is 0.328. The number of nitrogens with zero attached hydrogens (tertiary/aromatic N) is 2. The van der Waals surface area contributed by atoms with Crippen LogP contribution in [-0.2, 0) is 17.5 Å². The number of urea groups is 1. The van der Waals surface area contributed by atoms with E-state index in [0.29, 0.717) is 35.6 Å². The Morgan fingerprint density at radius 3 is 2.20 bits per heavy atom. The summed E-state index contributed by atoms with van der Waals surface area (Å²) in [5, 5.41) is 8.08. The minimum atomic E-state index is -4.52. The summed E-state index contributed by atoms with van der Waals surface area (Å²) >= 11 is 0. The van der Waals surface area contributed by atoms with Gasteiger partial charge in [-0.3, -0.25) is 9.59 Å². The van der Waals surface area contributed by atoms with Crippen molar-refractivity contribution in [1.29, 1.82) is 0 Å². The lowest BCUT2D eigenvalue weighted by Crippen LogP contribution is -2.50. The fourth-order valence-electron chi connectivity index (χ4n) is 4.33. The second-order valence-corrected chi connectivity index (χ2v) is 9.43. The van der Waals surface area contributed by atoms with Crippen LogP contribution in [0.3, 0.4) is 0 Å². The Morgan fingerprint density at radius 2 is 1.54 bits per heavy atom. The summed E-state index contributed by atoms with van der Waals surface area (Å²) in [5.41, 5.74) is 1.24. The molecule has 0 radical (unpaired) electrons. The Kier molecular flexibility index (Phi) is 9.10. The van der Waals surface area contributed by atoms with Gasteiger partial charge in [0.1, 0.15) is 5.82 Å². The molecule has 3 aromatic rings. The predicted octanol–water partition coefficient (Wildman–Crippen LogP) is 5.48. The largest absolute Gasteiger partial charge is 0.416 e. The molecule has 1 fully saturated rings. The number of rotatable bonds is 7. The highest BCUT2D eigenvalue weighted by molar-refractivity contribution is 6.02. The first-order chi connectivity index (χ1) is 19.5. The van der Waals surface area contributed by atoms with Gasteiger partial charge in [0.05, 0.1) is 11.1 Å². The highest BCUT2D eigenvalue weighted by atomic mass is 19.4. The first-order valence-electron chi connectivity index (χ1n) is 13.0. The van der Waals surface area contributed by atoms with E-state index in [4.69, 9.17) is 0 Å². The standard InChI is InChI=1S/C29H29F4N5O3/c1-2-26(39)35-23-10-11-25(24(17-23)27(40)34-18-19-6-8-21(30)9-7-19)37-12-14-38(15-13-37)28(41)36-22-5-3-4-20(16-22)29(31,32)33/h3-11,16-17H,2,12-15,18H2,1H3,(H,34,40)(H,35,39)(H,36,41). The number of piperazine rings is 1. The van der Waals surface area contributed by atoms with Gasteiger partial charge in [0.2, 0.25) is 5.91 Å². The maximum absolute atomic E-state index is 13.3. The molecule has 1 aliphatic heterocycles. The molecule has 3 aromatic carbocycles. The Hall–Kier alpha value is -4.61. The zero-order valence-corrected chi connectivity index (χ0v) is 22.2. The van der Waals surface area contributed by atoms with Gasteiger partial charge in [-0.1, -0.05) is 25.1 Å². The fourth-order valence-corrected chi connectivity index (χ4v) is 4.33. The van der Waals surface area contributed by atoms with Crippen LogP contribution in [0.15, 0.2) is 66.7 Å². The number of carbonyl (C=O) groups is 3. The van der Waals surface area contributed by atoms with Gasteiger partial charge in [0, 0.05) is 56.2 Å². The number of amides is 4. The molecule has 12 heteroatoms. The van der Waals surface area contributed by atoms with Crippen LogP contribution in [0.1, 0.15) is 34.8 Å². The minimum Gasteiger partial charge on any atom is -0.367 e. The normalized spacial score (nSPS) is 13.5. The van der Waals surface area contributed by atoms with E-state index in [1.807, 2.05) is 4.90 Å². The van der Waals surface area contributed by atoms with Crippen molar-refractivity contribution >= 4 is 34.9 Å². The molecule has 0 saturated carbocycles. The number of anilines is 3. The van der Waals surface area contributed by atoms with Gasteiger partial charge >= 0.3 is 12.2 Å². The first-order valence-corrected chi connectivity index (χ1v) is 13.0. The highest BCUT2D eigenvalue weighted by Crippen LogP contribution is 2.31. The molecule has 0 aliphatic carbocycles. The van der Waals surface area contributed by atoms with Gasteiger partial charge < -0.3 is 25.8 Å². The van der Waals surface area contributed by atoms with Crippen molar-refractivity contribution < 1.29 is 31.9 Å². The lowest BCUT2D eigenvalue weighted by molar-refractivity contribution is -0.137. The number of benzene rings is 3. The van der Waals surface area contributed by atoms with Crippen molar-refractivity contribution in [2.75, 3.05) is 41.7 Å². The van der Waals surface area contributed by atoms with Crippen LogP contribution >= 0.6 is 0 Å². The lowest BCUT2D eigenvalue weighted by atomic mass is 10.1. The molecular weight excluding hydrogens is 542 g/mol. The molecule has 0 bridgehead atoms. The topological polar surface area (TPSA) is 93.8 Å². The van der Waals surface area contributed by atoms with Crippen LogP contribution < -0.4 is 20.9 Å². The summed E-state index contributed by atoms with van der Waals surface area (Å²) in [6.45, 7) is 3.10. The van der Waals surface area contributed by atoms with Crippen LogP contribution in [0.4, 0.5) is 39.4 Å². The van der Waals surface area contributed by atoms with Gasteiger partial charge in [0.15, 0.2) is 0 Å². The zero-order chi connectivity index (χ0) is 29.6. The molecule has 1 saturated heterocycles. The number of halogens is 4. The molecule has 0 spiro atoms. The Balaban J connectivity index is 1.45. The van der Waals surface area contributed by atoms with Crippen LogP contribution in [0.2, 0.25) is 0 Å². The van der Waals surface area contributed by atoms with Crippen molar-refractivity contribution in [2.24, 2.45) is 0 Å². The number of hydrogen-bond acceptors (Lipinski definition) is 4. The maximum atomic E-state index is 13.3. The molecule has 4 amide bonds. The number of nitrogens with one attached hydrogen (secondary N) is 3. The zero-order valence-electron chi connectivity index (χ0n) is 22.2. The summed E-state index contributed by atoms with van der Waals surface area (Å²) in [6, 6.07) is 14.6. The molecule has 0 aromatic heterocycles. The summed E-state index contributed by atoms with van der Waals surface area (Å²) in [4.78, 5) is 41.3. The fraction of sp³-hybridized carbons (Fsp3) is 0.276. The second kappa shape index (κ2) is 12.7. The van der Waals surface area contributed by atoms with Crippen molar-refractivity contribution in [2.45, 2.75) is 26.1 Å². The third kappa shape index (κ3) is 7.74. The minimum absolute atomic E-state index is 0.0390. The molecule has 4 rings (SSSR count). The summed E-state index contributed by atoms with van der Waals surface area (Å²) < 4.78 is 52.3. The van der Waals surface area contributed by atoms with Gasteiger partial charge in [-0.15, -0.1) is 0 Å². The van der Waals surface area contributed by atoms with E-state index in [-0.39, 0.29) is 43.5 Å². The Labute approximate surface area is 234 Å². The highest BCUT2D eigenvalue weighted by Gasteiger charge is 2.31. The Bertz CT molecular complexity index is 1400. The number of carbonyl (C=O) groups excluding carboxylic acids is 3. The average molecular weight is 572 g/mol. The van der Waals surface area contributed by atoms with E-state index in [1.165, 1.54) is 29.2 Å². The van der Waals surface area contributed by atoms with Gasteiger partial charge in [-0.05, 0) is 54.1 Å². The molecular formula is C29H29F4N5O3. The molecule has 216 valence electrons. The SMILES string of the molecule is CCC(=O)Nc1ccc(N2CCN(C(=O)Nc3cccc(C(F)(F)F)c3)CC2)c(C(=O)NCc2ccc(F)cc2)c1. The molecule has 8 nitrogen and oxygen atoms in total. The predicted molar refractivity (Wildman–Crippen MR) is 147 cm³/mol. The Morgan fingerprint density at radius 1 is 0.854 bits per heavy atom. The lowest BCUT2D eigenvalue weighted by Gasteiger charge is -2.37. The van der Waals surface area contributed by atoms with Gasteiger partial charge in [-0.25, -0.2) is 9.18 Å². The van der Waals surface area contributed by atoms with Crippen molar-refractivity contribution in [3.8, 4) is 0 Å². The van der Waals surface area contributed by atoms with Gasteiger partial charge in [-0.2, -0.15) is 13.2 Å². The van der Waals surface area contributed by atoms with E-state index in [0.717, 1.165) is 12.1 Å². The number of alkyl halides is 3. The van der Waals surface area contributed by atoms with E-state index in [2.05, 4.69) is 16.0 Å². The summed E-state index contributed by atoms with van der Waals surface area (Å²) in [7, 11) is 0. The third-order valence-corrected chi connectivity index (χ3v) is 6.56. The van der Waals surface area contributed by atoms with Gasteiger partial charge in [0.25, 0.3) is 5.91 Å². The van der Waals surface area contributed by atoms with E-state index >= 15 is 0 Å². The van der Waals surface area contributed by atoms with Crippen molar-refractivity contribution in [1.82, 2.24) is 10.2 Å². The van der Waals surface area contributed by atoms with E-state index in [9.17, 15) is 31.9 Å². The van der Waals surface area contributed by atoms with E-state index < -0.39 is 23.7 Å². The monoisotopic (exact) mass is 571 g/mol. The summed E-state index contributed by atoms with van der Waals surface area (Å²) in [5.74, 6) is -0.998. The number of hydrogen-bond donors (Lipinski definition) is 3. The molecule has 0 atom stereocenters. The smallest absolute Gasteiger partial charge is 0.367 e. The van der Waals surface area contributed by atoms with Crippen LogP contribution in [-0.4, -0.2) is 48.9 Å². The average Bonchev–Trinajstić information content (AvgIpc) is 2.96. The first kappa shape index (κ1) is 29.4. The third-order valence-electron chi connectivity index (χ3n) is 6.56. The molecule has 1 heterocycles. The molecule has 1 aliphatic rings. The van der Waals surface area contributed by atoms with Crippen LogP contribution in [0.25, 0.3) is 0 Å². The van der Waals surface area contributed by atoms with Crippen LogP contribution in [0, 0.1) is 5.82 Å². The van der Waals surface area contributed by atoms with Crippen molar-refractivity contribution in [3.63, 3.8) is 0 Å². The molecule has 0 unspecified atom stereocenters. The maximum Gasteiger partial charge on any atom is 0.416 e. The van der Waals surface area contributed by atoms with Crippen LogP contribution in [0.5, 0.6) is 0 Å². The summed E-state index contributed by atoms with van der Waals surface area (Å²) in [6.07, 6.45) is -4.26.